The molecule has 0 spiro atoms. The highest BCUT2D eigenvalue weighted by atomic mass is 35.5. The average Bonchev–Trinajstić information content (AvgIpc) is 3.39. The molecule has 0 amide bonds. The Kier molecular flexibility index (Phi) is 6.06. The number of hydrogen-bond acceptors (Lipinski definition) is 8. The fraction of sp³-hybridized carbons (Fsp3) is 0.238. The number of rotatable bonds is 7. The molecule has 1 atom stereocenters. The first-order chi connectivity index (χ1) is 14.5. The van der Waals surface area contributed by atoms with E-state index in [0.29, 0.717) is 39.4 Å². The van der Waals surface area contributed by atoms with Crippen molar-refractivity contribution in [1.82, 2.24) is 20.4 Å². The van der Waals surface area contributed by atoms with Crippen molar-refractivity contribution in [2.75, 3.05) is 0 Å². The molecule has 30 heavy (non-hydrogen) atoms. The van der Waals surface area contributed by atoms with Gasteiger partial charge in [0.15, 0.2) is 6.10 Å². The van der Waals surface area contributed by atoms with Crippen LogP contribution < -0.4 is 4.74 Å². The number of aryl methyl sites for hydroxylation is 2. The molecule has 1 unspecified atom stereocenters. The highest BCUT2D eigenvalue weighted by Gasteiger charge is 2.18. The first-order valence-corrected chi connectivity index (χ1v) is 10.6. The van der Waals surface area contributed by atoms with Crippen LogP contribution in [0, 0.1) is 13.8 Å². The summed E-state index contributed by atoms with van der Waals surface area (Å²) in [5.41, 5.74) is 2.99. The van der Waals surface area contributed by atoms with Crippen molar-refractivity contribution in [3.05, 3.63) is 70.4 Å². The van der Waals surface area contributed by atoms with Crippen LogP contribution >= 0.6 is 23.4 Å². The van der Waals surface area contributed by atoms with Crippen LogP contribution in [0.2, 0.25) is 5.02 Å². The lowest BCUT2D eigenvalue weighted by atomic mass is 10.1. The van der Waals surface area contributed by atoms with Gasteiger partial charge in [0.25, 0.3) is 11.1 Å². The number of thioether (sulfide) groups is 1. The standard InChI is InChI=1S/C21H19ClN4O3S/c1-12-4-6-15(7-5-12)20-25-23-18(28-20)11-30-21-26-24-19(29-21)14(3)27-17-9-8-16(22)10-13(17)2/h4-10,14H,11H2,1-3H3. The smallest absolute Gasteiger partial charge is 0.277 e. The van der Waals surface area contributed by atoms with E-state index in [1.54, 1.807) is 6.07 Å². The van der Waals surface area contributed by atoms with Crippen molar-refractivity contribution in [2.24, 2.45) is 0 Å². The largest absolute Gasteiger partial charge is 0.481 e. The Balaban J connectivity index is 1.36. The minimum Gasteiger partial charge on any atom is -0.481 e. The second-order valence-corrected chi connectivity index (χ2v) is 8.09. The Morgan fingerprint density at radius 1 is 1.00 bits per heavy atom. The Morgan fingerprint density at radius 3 is 2.57 bits per heavy atom. The van der Waals surface area contributed by atoms with E-state index < -0.39 is 6.10 Å². The van der Waals surface area contributed by atoms with E-state index in [0.717, 1.165) is 11.1 Å². The third-order valence-corrected chi connectivity index (χ3v) is 5.33. The summed E-state index contributed by atoms with van der Waals surface area (Å²) >= 11 is 7.31. The SMILES string of the molecule is Cc1ccc(-c2nnc(CSc3nnc(C(C)Oc4ccc(Cl)cc4C)o3)o2)cc1. The maximum Gasteiger partial charge on any atom is 0.277 e. The maximum atomic E-state index is 5.99. The number of benzene rings is 2. The lowest BCUT2D eigenvalue weighted by Gasteiger charge is -2.13. The average molecular weight is 443 g/mol. The highest BCUT2D eigenvalue weighted by molar-refractivity contribution is 7.98. The van der Waals surface area contributed by atoms with Crippen molar-refractivity contribution in [3.63, 3.8) is 0 Å². The van der Waals surface area contributed by atoms with Crippen molar-refractivity contribution in [2.45, 2.75) is 37.9 Å². The first kappa shape index (κ1) is 20.4. The second-order valence-electron chi connectivity index (χ2n) is 6.73. The molecule has 0 N–H and O–H groups in total. The van der Waals surface area contributed by atoms with Crippen LogP contribution in [-0.4, -0.2) is 20.4 Å². The van der Waals surface area contributed by atoms with Gasteiger partial charge in [0.1, 0.15) is 5.75 Å². The molecule has 0 saturated heterocycles. The van der Waals surface area contributed by atoms with Crippen LogP contribution in [0.4, 0.5) is 0 Å². The molecule has 2 heterocycles. The minimum atomic E-state index is -0.400. The van der Waals surface area contributed by atoms with Gasteiger partial charge in [0.2, 0.25) is 11.8 Å². The van der Waals surface area contributed by atoms with Crippen LogP contribution in [-0.2, 0) is 5.75 Å². The number of nitrogens with zero attached hydrogens (tertiary/aromatic N) is 4. The zero-order chi connectivity index (χ0) is 21.1. The molecule has 4 rings (SSSR count). The lowest BCUT2D eigenvalue weighted by Crippen LogP contribution is -2.04. The fourth-order valence-corrected chi connectivity index (χ4v) is 3.51. The van der Waals surface area contributed by atoms with Gasteiger partial charge in [-0.1, -0.05) is 41.1 Å². The Labute approximate surface area is 182 Å². The quantitative estimate of drug-likeness (QED) is 0.331. The fourth-order valence-electron chi connectivity index (χ4n) is 2.68. The predicted molar refractivity (Wildman–Crippen MR) is 114 cm³/mol. The molecule has 0 saturated carbocycles. The summed E-state index contributed by atoms with van der Waals surface area (Å²) in [7, 11) is 0. The molecule has 0 aliphatic carbocycles. The normalized spacial score (nSPS) is 12.1. The molecule has 0 bridgehead atoms. The summed E-state index contributed by atoms with van der Waals surface area (Å²) in [6, 6.07) is 13.4. The van der Waals surface area contributed by atoms with Crippen LogP contribution in [0.25, 0.3) is 11.5 Å². The molecule has 4 aromatic rings. The number of hydrogen-bond donors (Lipinski definition) is 0. The molecule has 154 valence electrons. The van der Waals surface area contributed by atoms with E-state index >= 15 is 0 Å². The van der Waals surface area contributed by atoms with E-state index in [2.05, 4.69) is 20.4 Å². The Hall–Kier alpha value is -2.84. The predicted octanol–water partition coefficient (Wildman–Crippen LogP) is 5.82. The molecule has 9 heteroatoms. The molecule has 0 fully saturated rings. The van der Waals surface area contributed by atoms with Gasteiger partial charge in [-0.05, 0) is 56.7 Å². The van der Waals surface area contributed by atoms with E-state index in [1.807, 2.05) is 57.2 Å². The number of aromatic nitrogens is 4. The zero-order valence-electron chi connectivity index (χ0n) is 16.6. The van der Waals surface area contributed by atoms with E-state index in [-0.39, 0.29) is 0 Å². The van der Waals surface area contributed by atoms with Gasteiger partial charge in [0.05, 0.1) is 5.75 Å². The molecular formula is C21H19ClN4O3S. The van der Waals surface area contributed by atoms with E-state index in [1.165, 1.54) is 17.3 Å². The lowest BCUT2D eigenvalue weighted by molar-refractivity contribution is 0.180. The van der Waals surface area contributed by atoms with Gasteiger partial charge < -0.3 is 13.6 Å². The van der Waals surface area contributed by atoms with Crippen LogP contribution in [0.15, 0.2) is 56.5 Å². The molecular weight excluding hydrogens is 424 g/mol. The summed E-state index contributed by atoms with van der Waals surface area (Å²) in [6.45, 7) is 5.81. The van der Waals surface area contributed by atoms with Gasteiger partial charge in [0, 0.05) is 10.6 Å². The minimum absolute atomic E-state index is 0.387. The molecule has 0 aliphatic rings. The summed E-state index contributed by atoms with van der Waals surface area (Å²) in [5.74, 6) is 2.49. The second kappa shape index (κ2) is 8.89. The summed E-state index contributed by atoms with van der Waals surface area (Å²) in [5, 5.41) is 17.4. The number of ether oxygens (including phenoxy) is 1. The van der Waals surface area contributed by atoms with Gasteiger partial charge >= 0.3 is 0 Å². The van der Waals surface area contributed by atoms with Gasteiger partial charge in [-0.15, -0.1) is 20.4 Å². The van der Waals surface area contributed by atoms with Crippen LogP contribution in [0.5, 0.6) is 5.75 Å². The van der Waals surface area contributed by atoms with Crippen molar-refractivity contribution >= 4 is 23.4 Å². The number of halogens is 1. The molecule has 2 aromatic carbocycles. The van der Waals surface area contributed by atoms with Crippen molar-refractivity contribution < 1.29 is 13.6 Å². The summed E-state index contributed by atoms with van der Waals surface area (Å²) in [4.78, 5) is 0. The molecule has 2 aromatic heterocycles. The molecule has 0 radical (unpaired) electrons. The third-order valence-electron chi connectivity index (χ3n) is 4.30. The summed E-state index contributed by atoms with van der Waals surface area (Å²) in [6.07, 6.45) is -0.400. The van der Waals surface area contributed by atoms with Gasteiger partial charge in [-0.3, -0.25) is 0 Å². The third kappa shape index (κ3) is 4.83. The van der Waals surface area contributed by atoms with E-state index in [9.17, 15) is 0 Å². The Morgan fingerprint density at radius 2 is 1.80 bits per heavy atom. The van der Waals surface area contributed by atoms with E-state index in [4.69, 9.17) is 25.2 Å². The van der Waals surface area contributed by atoms with Crippen molar-refractivity contribution in [1.29, 1.82) is 0 Å². The monoisotopic (exact) mass is 442 g/mol. The summed E-state index contributed by atoms with van der Waals surface area (Å²) < 4.78 is 17.3. The van der Waals surface area contributed by atoms with Crippen LogP contribution in [0.1, 0.15) is 35.9 Å². The zero-order valence-corrected chi connectivity index (χ0v) is 18.2. The molecule has 7 nitrogen and oxygen atoms in total. The molecule has 0 aliphatic heterocycles. The first-order valence-electron chi connectivity index (χ1n) is 9.26. The van der Waals surface area contributed by atoms with Crippen molar-refractivity contribution in [3.8, 4) is 17.2 Å². The van der Waals surface area contributed by atoms with Gasteiger partial charge in [-0.25, -0.2) is 0 Å². The van der Waals surface area contributed by atoms with Gasteiger partial charge in [-0.2, -0.15) is 0 Å². The maximum absolute atomic E-state index is 5.99. The topological polar surface area (TPSA) is 87.1 Å². The highest BCUT2D eigenvalue weighted by Crippen LogP contribution is 2.29. The van der Waals surface area contributed by atoms with Crippen LogP contribution in [0.3, 0.4) is 0 Å². The Bertz CT molecular complexity index is 1140.